The van der Waals surface area contributed by atoms with E-state index in [9.17, 15) is 30.0 Å². The lowest BCUT2D eigenvalue weighted by atomic mass is 9.86. The lowest BCUT2D eigenvalue weighted by molar-refractivity contribution is -0.198. The van der Waals surface area contributed by atoms with Crippen LogP contribution in [0, 0.1) is 0 Å². The van der Waals surface area contributed by atoms with Gasteiger partial charge in [-0.15, -0.1) is 0 Å². The Morgan fingerprint density at radius 1 is 0.694 bits per heavy atom. The van der Waals surface area contributed by atoms with Crippen LogP contribution in [0.2, 0.25) is 0 Å². The number of hydroxylamine groups is 6. The molecule has 0 aromatic heterocycles. The van der Waals surface area contributed by atoms with Crippen LogP contribution in [0.1, 0.15) is 75.2 Å². The van der Waals surface area contributed by atoms with Crippen molar-refractivity contribution in [1.29, 1.82) is 0 Å². The second-order valence-electron chi connectivity index (χ2n) is 12.6. The van der Waals surface area contributed by atoms with Crippen LogP contribution >= 0.6 is 0 Å². The second kappa shape index (κ2) is 12.1. The van der Waals surface area contributed by atoms with Crippen LogP contribution < -0.4 is 10.6 Å². The van der Waals surface area contributed by atoms with Gasteiger partial charge in [-0.05, 0) is 62.3 Å². The summed E-state index contributed by atoms with van der Waals surface area (Å²) in [5.74, 6) is -1.85. The molecule has 1 rings (SSSR count). The summed E-state index contributed by atoms with van der Waals surface area (Å²) in [4.78, 5) is 41.4. The highest BCUT2D eigenvalue weighted by molar-refractivity contribution is 5.82. The highest BCUT2D eigenvalue weighted by Gasteiger charge is 2.46. The first kappa shape index (κ1) is 32.2. The van der Waals surface area contributed by atoms with Crippen molar-refractivity contribution < 1.29 is 30.0 Å². The molecule has 12 heteroatoms. The third-order valence-electron chi connectivity index (χ3n) is 6.06. The molecular formula is C24H48N6O6. The van der Waals surface area contributed by atoms with Gasteiger partial charge in [-0.1, -0.05) is 0 Å². The van der Waals surface area contributed by atoms with Gasteiger partial charge in [-0.3, -0.25) is 34.9 Å². The summed E-state index contributed by atoms with van der Waals surface area (Å²) >= 11 is 0. The lowest BCUT2D eigenvalue weighted by Crippen LogP contribution is -2.63. The summed E-state index contributed by atoms with van der Waals surface area (Å²) in [5.41, 5.74) is -3.92. The maximum Gasteiger partial charge on any atom is 0.260 e. The summed E-state index contributed by atoms with van der Waals surface area (Å²) in [7, 11) is 0. The molecule has 1 aliphatic rings. The number of carbonyl (C=O) groups is 3. The van der Waals surface area contributed by atoms with E-state index in [0.29, 0.717) is 34.8 Å². The summed E-state index contributed by atoms with van der Waals surface area (Å²) in [6.07, 6.45) is -0.600. The standard InChI is InChI=1S/C24H48N6O6/c1-21(2,3)28(34)18(31)14-24(15-19(32)29(35)22(4,5)6)17-26-11-10-25-12-13-27(24)16-20(33)30(36)23(7,8)9/h25-26,34-36H,10-17H2,1-9H3. The fraction of sp³-hybridized carbons (Fsp3) is 0.875. The van der Waals surface area contributed by atoms with Crippen LogP contribution in [-0.4, -0.2) is 115 Å². The molecule has 36 heavy (non-hydrogen) atoms. The zero-order valence-electron chi connectivity index (χ0n) is 23.5. The van der Waals surface area contributed by atoms with Crippen LogP contribution in [0.5, 0.6) is 0 Å². The number of nitrogens with zero attached hydrogens (tertiary/aromatic N) is 4. The third kappa shape index (κ3) is 8.93. The minimum atomic E-state index is -1.28. The molecule has 0 aromatic rings. The quantitative estimate of drug-likeness (QED) is 0.258. The molecular weight excluding hydrogens is 468 g/mol. The normalized spacial score (nSPS) is 18.0. The van der Waals surface area contributed by atoms with Crippen LogP contribution in [0.3, 0.4) is 0 Å². The van der Waals surface area contributed by atoms with Crippen LogP contribution in [-0.2, 0) is 14.4 Å². The minimum absolute atomic E-state index is 0.135. The van der Waals surface area contributed by atoms with E-state index in [-0.39, 0.29) is 32.5 Å². The Kier molecular flexibility index (Phi) is 10.9. The number of hydrogen-bond donors (Lipinski definition) is 5. The summed E-state index contributed by atoms with van der Waals surface area (Å²) in [5, 5.41) is 40.1. The van der Waals surface area contributed by atoms with E-state index in [1.165, 1.54) is 0 Å². The zero-order valence-corrected chi connectivity index (χ0v) is 23.5. The van der Waals surface area contributed by atoms with Crippen LogP contribution in [0.4, 0.5) is 0 Å². The molecule has 210 valence electrons. The molecule has 0 radical (unpaired) electrons. The largest absolute Gasteiger partial charge is 0.314 e. The van der Waals surface area contributed by atoms with Crippen molar-refractivity contribution >= 4 is 17.7 Å². The Morgan fingerprint density at radius 3 is 1.50 bits per heavy atom. The highest BCUT2D eigenvalue weighted by atomic mass is 16.5. The van der Waals surface area contributed by atoms with E-state index < -0.39 is 39.9 Å². The average Bonchev–Trinajstić information content (AvgIpc) is 2.81. The SMILES string of the molecule is CC(C)(C)N(O)C(=O)CN1CCNCCNCC1(CC(=O)N(O)C(C)(C)C)CC(=O)N(O)C(C)(C)C. The number of nitrogens with one attached hydrogen (secondary N) is 2. The first-order valence-electron chi connectivity index (χ1n) is 12.4. The average molecular weight is 517 g/mol. The van der Waals surface area contributed by atoms with Gasteiger partial charge >= 0.3 is 0 Å². The summed E-state index contributed by atoms with van der Waals surface area (Å²) in [6, 6.07) is 0. The lowest BCUT2D eigenvalue weighted by Gasteiger charge is -2.46. The molecule has 1 aliphatic heterocycles. The number of carbonyl (C=O) groups excluding carboxylic acids is 3. The molecule has 0 unspecified atom stereocenters. The van der Waals surface area contributed by atoms with Crippen molar-refractivity contribution in [2.75, 3.05) is 39.3 Å². The van der Waals surface area contributed by atoms with E-state index in [1.54, 1.807) is 67.2 Å². The van der Waals surface area contributed by atoms with Crippen molar-refractivity contribution in [2.24, 2.45) is 0 Å². The van der Waals surface area contributed by atoms with E-state index in [1.807, 2.05) is 0 Å². The van der Waals surface area contributed by atoms with Gasteiger partial charge in [0.15, 0.2) is 0 Å². The first-order valence-corrected chi connectivity index (χ1v) is 12.4. The van der Waals surface area contributed by atoms with E-state index >= 15 is 0 Å². The Hall–Kier alpha value is -1.83. The molecule has 1 heterocycles. The topological polar surface area (TPSA) is 149 Å². The second-order valence-corrected chi connectivity index (χ2v) is 12.6. The van der Waals surface area contributed by atoms with E-state index in [4.69, 9.17) is 0 Å². The van der Waals surface area contributed by atoms with Gasteiger partial charge in [-0.2, -0.15) is 0 Å². The zero-order chi connectivity index (χ0) is 28.1. The maximum atomic E-state index is 13.3. The number of amides is 3. The highest BCUT2D eigenvalue weighted by Crippen LogP contribution is 2.29. The smallest absolute Gasteiger partial charge is 0.260 e. The predicted octanol–water partition coefficient (Wildman–Crippen LogP) is 1.05. The van der Waals surface area contributed by atoms with Crippen molar-refractivity contribution in [2.45, 2.75) is 97.3 Å². The third-order valence-corrected chi connectivity index (χ3v) is 6.06. The molecule has 0 bridgehead atoms. The van der Waals surface area contributed by atoms with Gasteiger partial charge in [-0.25, -0.2) is 15.2 Å². The molecule has 0 atom stereocenters. The Balaban J connectivity index is 3.56. The van der Waals surface area contributed by atoms with Crippen LogP contribution in [0.15, 0.2) is 0 Å². The Labute approximate surface area is 215 Å². The molecule has 0 aliphatic carbocycles. The van der Waals surface area contributed by atoms with Gasteiger partial charge < -0.3 is 10.6 Å². The molecule has 1 saturated heterocycles. The molecule has 0 saturated carbocycles. The molecule has 0 spiro atoms. The van der Waals surface area contributed by atoms with Crippen molar-refractivity contribution in [3.63, 3.8) is 0 Å². The number of rotatable bonds is 6. The van der Waals surface area contributed by atoms with Gasteiger partial charge in [0, 0.05) is 45.6 Å². The first-order chi connectivity index (χ1) is 16.2. The monoisotopic (exact) mass is 516 g/mol. The Bertz CT molecular complexity index is 737. The van der Waals surface area contributed by atoms with Gasteiger partial charge in [0.05, 0.1) is 28.7 Å². The van der Waals surface area contributed by atoms with E-state index in [0.717, 1.165) is 0 Å². The van der Waals surface area contributed by atoms with Crippen molar-refractivity contribution in [1.82, 2.24) is 30.7 Å². The summed E-state index contributed by atoms with van der Waals surface area (Å²) in [6.45, 7) is 16.9. The van der Waals surface area contributed by atoms with Gasteiger partial charge in [0.2, 0.25) is 11.8 Å². The molecule has 12 nitrogen and oxygen atoms in total. The van der Waals surface area contributed by atoms with Gasteiger partial charge in [0.1, 0.15) is 0 Å². The number of hydrogen-bond acceptors (Lipinski definition) is 9. The maximum absolute atomic E-state index is 13.3. The van der Waals surface area contributed by atoms with Crippen molar-refractivity contribution in [3.05, 3.63) is 0 Å². The minimum Gasteiger partial charge on any atom is -0.314 e. The fourth-order valence-electron chi connectivity index (χ4n) is 3.91. The van der Waals surface area contributed by atoms with Gasteiger partial charge in [0.25, 0.3) is 5.91 Å². The predicted molar refractivity (Wildman–Crippen MR) is 134 cm³/mol. The molecule has 1 fully saturated rings. The summed E-state index contributed by atoms with van der Waals surface area (Å²) < 4.78 is 0. The van der Waals surface area contributed by atoms with E-state index in [2.05, 4.69) is 10.6 Å². The Morgan fingerprint density at radius 2 is 1.08 bits per heavy atom. The van der Waals surface area contributed by atoms with Crippen LogP contribution in [0.25, 0.3) is 0 Å². The molecule has 0 aromatic carbocycles. The molecule has 5 N–H and O–H groups in total. The fourth-order valence-corrected chi connectivity index (χ4v) is 3.91. The van der Waals surface area contributed by atoms with Crippen molar-refractivity contribution in [3.8, 4) is 0 Å². The molecule has 3 amide bonds.